The van der Waals surface area contributed by atoms with E-state index in [0.717, 1.165) is 22.3 Å². The van der Waals surface area contributed by atoms with Gasteiger partial charge in [0, 0.05) is 31.7 Å². The van der Waals surface area contributed by atoms with E-state index in [1.54, 1.807) is 36.4 Å². The molecule has 10 nitrogen and oxygen atoms in total. The van der Waals surface area contributed by atoms with Crippen molar-refractivity contribution in [3.63, 3.8) is 0 Å². The maximum absolute atomic E-state index is 14.6. The number of nitrogens with one attached hydrogen (secondary N) is 3. The number of aliphatic hydroxyl groups excluding tert-OH is 1. The van der Waals surface area contributed by atoms with E-state index in [0.29, 0.717) is 4.90 Å². The van der Waals surface area contributed by atoms with Crippen LogP contribution < -0.4 is 16.1 Å². The largest absolute Gasteiger partial charge is 0.381 e. The molecular formula is C28H29F2N5O5. The summed E-state index contributed by atoms with van der Waals surface area (Å²) in [6.07, 6.45) is -2.71. The maximum atomic E-state index is 14.6. The molecule has 4 N–H and O–H groups in total. The molecule has 0 spiro atoms. The van der Waals surface area contributed by atoms with Gasteiger partial charge >= 0.3 is 0 Å². The maximum Gasteiger partial charge on any atom is 0.267 e. The molecule has 2 aromatic rings. The monoisotopic (exact) mass is 553 g/mol. The minimum Gasteiger partial charge on any atom is -0.381 e. The molecule has 40 heavy (non-hydrogen) atoms. The van der Waals surface area contributed by atoms with Crippen molar-refractivity contribution < 1.29 is 33.1 Å². The molecule has 2 aromatic carbocycles. The second-order valence-electron chi connectivity index (χ2n) is 10.3. The Morgan fingerprint density at radius 2 is 1.80 bits per heavy atom. The Labute approximate surface area is 228 Å². The van der Waals surface area contributed by atoms with Gasteiger partial charge in [-0.2, -0.15) is 5.10 Å². The van der Waals surface area contributed by atoms with E-state index >= 15 is 0 Å². The Morgan fingerprint density at radius 1 is 1.12 bits per heavy atom. The van der Waals surface area contributed by atoms with Crippen LogP contribution in [0.15, 0.2) is 53.6 Å². The summed E-state index contributed by atoms with van der Waals surface area (Å²) in [5.41, 5.74) is 5.52. The lowest BCUT2D eigenvalue weighted by atomic mass is 10.00. The van der Waals surface area contributed by atoms with Crippen LogP contribution in [0, 0.1) is 6.92 Å². The first kappa shape index (κ1) is 27.4. The summed E-state index contributed by atoms with van der Waals surface area (Å²) >= 11 is 0. The smallest absolute Gasteiger partial charge is 0.267 e. The van der Waals surface area contributed by atoms with Gasteiger partial charge in [0.1, 0.15) is 11.8 Å². The van der Waals surface area contributed by atoms with Crippen LogP contribution in [-0.2, 0) is 25.7 Å². The molecule has 1 fully saturated rings. The van der Waals surface area contributed by atoms with Crippen LogP contribution in [0.2, 0.25) is 0 Å². The second kappa shape index (κ2) is 10.8. The predicted octanol–water partition coefficient (Wildman–Crippen LogP) is 1.10. The van der Waals surface area contributed by atoms with Crippen molar-refractivity contribution in [2.75, 3.05) is 6.54 Å². The molecule has 1 aliphatic carbocycles. The normalized spacial score (nSPS) is 21.0. The van der Waals surface area contributed by atoms with E-state index in [1.165, 1.54) is 0 Å². The van der Waals surface area contributed by atoms with Crippen molar-refractivity contribution in [2.45, 2.75) is 62.8 Å². The lowest BCUT2D eigenvalue weighted by Gasteiger charge is -2.30. The Bertz CT molecular complexity index is 1370. The molecule has 12 heteroatoms. The van der Waals surface area contributed by atoms with Crippen molar-refractivity contribution in [1.82, 2.24) is 21.0 Å². The molecule has 2 aliphatic heterocycles. The van der Waals surface area contributed by atoms with Gasteiger partial charge in [-0.15, -0.1) is 0 Å². The minimum absolute atomic E-state index is 0.00937. The number of alkyl halides is 2. The van der Waals surface area contributed by atoms with Gasteiger partial charge < -0.3 is 20.6 Å². The van der Waals surface area contributed by atoms with Crippen LogP contribution in [0.4, 0.5) is 8.78 Å². The molecule has 5 rings (SSSR count). The van der Waals surface area contributed by atoms with Crippen LogP contribution in [0.25, 0.3) is 0 Å². The molecule has 0 saturated carbocycles. The third-order valence-electron chi connectivity index (χ3n) is 7.57. The molecule has 1 saturated heterocycles. The number of halogens is 2. The first-order valence-corrected chi connectivity index (χ1v) is 13.0. The van der Waals surface area contributed by atoms with Crippen molar-refractivity contribution in [3.05, 3.63) is 70.8 Å². The number of amides is 4. The highest BCUT2D eigenvalue weighted by Gasteiger charge is 2.53. The van der Waals surface area contributed by atoms with Crippen LogP contribution in [0.3, 0.4) is 0 Å². The van der Waals surface area contributed by atoms with Gasteiger partial charge in [-0.25, -0.2) is 14.2 Å². The zero-order chi connectivity index (χ0) is 28.6. The average Bonchev–Trinajstić information content (AvgIpc) is 3.56. The highest BCUT2D eigenvalue weighted by molar-refractivity contribution is 6.39. The van der Waals surface area contributed by atoms with E-state index in [-0.39, 0.29) is 31.0 Å². The highest BCUT2D eigenvalue weighted by atomic mass is 19.3. The molecule has 0 unspecified atom stereocenters. The van der Waals surface area contributed by atoms with E-state index < -0.39 is 60.7 Å². The number of nitrogens with zero attached hydrogens (tertiary/aromatic N) is 2. The first-order chi connectivity index (χ1) is 19.1. The molecule has 4 amide bonds. The van der Waals surface area contributed by atoms with Gasteiger partial charge in [0.15, 0.2) is 6.10 Å². The summed E-state index contributed by atoms with van der Waals surface area (Å²) in [6, 6.07) is 11.7. The second-order valence-corrected chi connectivity index (χ2v) is 10.3. The van der Waals surface area contributed by atoms with Gasteiger partial charge in [-0.1, -0.05) is 48.5 Å². The van der Waals surface area contributed by atoms with E-state index in [9.17, 15) is 33.1 Å². The quantitative estimate of drug-likeness (QED) is 0.388. The molecular weight excluding hydrogens is 524 g/mol. The summed E-state index contributed by atoms with van der Waals surface area (Å²) < 4.78 is 29.1. The Morgan fingerprint density at radius 3 is 2.45 bits per heavy atom. The third-order valence-corrected chi connectivity index (χ3v) is 7.57. The summed E-state index contributed by atoms with van der Waals surface area (Å²) in [4.78, 5) is 51.6. The fraction of sp³-hybridized carbons (Fsp3) is 0.393. The number of benzene rings is 2. The predicted molar refractivity (Wildman–Crippen MR) is 139 cm³/mol. The number of fused-ring (bicyclic) bond motifs is 1. The van der Waals surface area contributed by atoms with Gasteiger partial charge in [-0.05, 0) is 29.2 Å². The highest BCUT2D eigenvalue weighted by Crippen LogP contribution is 2.46. The fourth-order valence-corrected chi connectivity index (χ4v) is 5.31. The van der Waals surface area contributed by atoms with Crippen LogP contribution >= 0.6 is 0 Å². The molecule has 0 radical (unpaired) electrons. The molecule has 3 aliphatic rings. The van der Waals surface area contributed by atoms with Crippen molar-refractivity contribution in [1.29, 1.82) is 0 Å². The number of likely N-dealkylation sites (tertiary alicyclic amines) is 1. The van der Waals surface area contributed by atoms with E-state index in [2.05, 4.69) is 21.2 Å². The molecule has 210 valence electrons. The number of carbonyl (C=O) groups is 4. The van der Waals surface area contributed by atoms with Crippen LogP contribution in [0.5, 0.6) is 0 Å². The van der Waals surface area contributed by atoms with Crippen molar-refractivity contribution in [2.24, 2.45) is 5.10 Å². The number of carbonyl (C=O) groups excluding carboxylic acids is 4. The summed E-state index contributed by atoms with van der Waals surface area (Å²) in [5.74, 6) is -6.77. The topological polar surface area (TPSA) is 140 Å². The first-order valence-electron chi connectivity index (χ1n) is 13.0. The van der Waals surface area contributed by atoms with Crippen LogP contribution in [-0.4, -0.2) is 70.0 Å². The zero-order valence-corrected chi connectivity index (χ0v) is 21.7. The third kappa shape index (κ3) is 5.57. The Hall–Kier alpha value is -4.19. The van der Waals surface area contributed by atoms with Crippen molar-refractivity contribution in [3.8, 4) is 0 Å². The van der Waals surface area contributed by atoms with Gasteiger partial charge in [0.05, 0.1) is 12.6 Å². The minimum atomic E-state index is -3.34. The lowest BCUT2D eigenvalue weighted by Crippen LogP contribution is -2.56. The summed E-state index contributed by atoms with van der Waals surface area (Å²) in [5, 5.41) is 20.2. The van der Waals surface area contributed by atoms with Crippen molar-refractivity contribution >= 4 is 29.3 Å². The summed E-state index contributed by atoms with van der Waals surface area (Å²) in [6.45, 7) is 0.907. The average molecular weight is 554 g/mol. The zero-order valence-electron chi connectivity index (χ0n) is 21.7. The van der Waals surface area contributed by atoms with E-state index in [1.807, 2.05) is 19.1 Å². The number of hydrogen-bond donors (Lipinski definition) is 4. The SMILES string of the molecule is Cc1ccccc1CNC(=O)[C@@H]1CC(F)(F)CN1C(=O)[C@@H](O)[C@@H](NC(=O)C1=NNC(=O)CC1)C1c2ccccc21. The number of aliphatic hydroxyl groups is 1. The Balaban J connectivity index is 1.34. The lowest BCUT2D eigenvalue weighted by molar-refractivity contribution is -0.147. The van der Waals surface area contributed by atoms with Gasteiger partial charge in [0.2, 0.25) is 11.8 Å². The van der Waals surface area contributed by atoms with Gasteiger partial charge in [0.25, 0.3) is 17.7 Å². The Kier molecular flexibility index (Phi) is 7.37. The van der Waals surface area contributed by atoms with Gasteiger partial charge in [-0.3, -0.25) is 19.2 Å². The number of hydrogen-bond acceptors (Lipinski definition) is 6. The number of rotatable bonds is 8. The summed E-state index contributed by atoms with van der Waals surface area (Å²) in [7, 11) is 0. The molecule has 0 bridgehead atoms. The van der Waals surface area contributed by atoms with E-state index in [4.69, 9.17) is 0 Å². The molecule has 3 atom stereocenters. The standard InChI is InChI=1S/C28H29F2N5O5/c1-15-6-2-3-7-16(15)13-31-26(39)20-12-28(29,30)14-35(20)27(40)24(37)23(22-17-8-4-5-9-18(17)22)32-25(38)19-10-11-21(36)34-33-19/h2-9,20,22-24,37H,10-14H2,1H3,(H,31,39)(H,32,38)(H,34,36)/t20-,23-,24-/m0/s1. The molecule has 0 aromatic heterocycles. The number of hydrazone groups is 1. The molecule has 2 heterocycles. The van der Waals surface area contributed by atoms with Crippen LogP contribution in [0.1, 0.15) is 47.4 Å². The number of aryl methyl sites for hydroxylation is 1. The fourth-order valence-electron chi connectivity index (χ4n) is 5.31.